The van der Waals surface area contributed by atoms with E-state index in [1.54, 1.807) is 0 Å². The van der Waals surface area contributed by atoms with E-state index in [1.807, 2.05) is 39.0 Å². The van der Waals surface area contributed by atoms with Crippen molar-refractivity contribution in [3.8, 4) is 5.75 Å². The van der Waals surface area contributed by atoms with E-state index in [4.69, 9.17) is 10.5 Å². The van der Waals surface area contributed by atoms with Gasteiger partial charge in [0, 0.05) is 0 Å². The van der Waals surface area contributed by atoms with Gasteiger partial charge in [-0.3, -0.25) is 4.79 Å². The average Bonchev–Trinajstić information content (AvgIpc) is 2.18. The summed E-state index contributed by atoms with van der Waals surface area (Å²) >= 11 is 0. The van der Waals surface area contributed by atoms with Gasteiger partial charge in [-0.05, 0) is 37.5 Å². The summed E-state index contributed by atoms with van der Waals surface area (Å²) in [4.78, 5) is 11.0. The van der Waals surface area contributed by atoms with Crippen LogP contribution in [-0.2, 0) is 4.79 Å². The zero-order chi connectivity index (χ0) is 11.4. The molecule has 1 unspecified atom stereocenters. The van der Waals surface area contributed by atoms with Gasteiger partial charge in [0.25, 0.3) is 5.91 Å². The van der Waals surface area contributed by atoms with Crippen LogP contribution in [0.2, 0.25) is 0 Å². The molecule has 15 heavy (non-hydrogen) atoms. The number of nitrogens with two attached hydrogens (primary N) is 1. The molecular weight excluding hydrogens is 190 g/mol. The van der Waals surface area contributed by atoms with Crippen LogP contribution >= 0.6 is 0 Å². The van der Waals surface area contributed by atoms with Crippen LogP contribution in [0, 0.1) is 13.8 Å². The summed E-state index contributed by atoms with van der Waals surface area (Å²) < 4.78 is 5.56. The van der Waals surface area contributed by atoms with E-state index in [9.17, 15) is 4.79 Å². The molecule has 82 valence electrons. The van der Waals surface area contributed by atoms with Crippen LogP contribution in [0.15, 0.2) is 18.2 Å². The number of rotatable bonds is 4. The van der Waals surface area contributed by atoms with Crippen LogP contribution in [0.3, 0.4) is 0 Å². The number of amides is 1. The zero-order valence-electron chi connectivity index (χ0n) is 9.41. The Hall–Kier alpha value is -1.51. The summed E-state index contributed by atoms with van der Waals surface area (Å²) in [5, 5.41) is 0. The van der Waals surface area contributed by atoms with Crippen molar-refractivity contribution in [3.05, 3.63) is 29.3 Å². The van der Waals surface area contributed by atoms with E-state index in [2.05, 4.69) is 0 Å². The summed E-state index contributed by atoms with van der Waals surface area (Å²) in [6.07, 6.45) is 0.0495. The van der Waals surface area contributed by atoms with Crippen LogP contribution in [0.1, 0.15) is 24.5 Å². The molecule has 3 nitrogen and oxygen atoms in total. The molecule has 0 saturated carbocycles. The Labute approximate surface area is 90.2 Å². The van der Waals surface area contributed by atoms with Crippen molar-refractivity contribution >= 4 is 5.91 Å². The second kappa shape index (κ2) is 4.82. The Kier molecular flexibility index (Phi) is 3.72. The maximum Gasteiger partial charge on any atom is 0.258 e. The van der Waals surface area contributed by atoms with Gasteiger partial charge in [0.05, 0.1) is 0 Å². The summed E-state index contributed by atoms with van der Waals surface area (Å²) in [7, 11) is 0. The third kappa shape index (κ3) is 2.98. The maximum atomic E-state index is 11.0. The fourth-order valence-electron chi connectivity index (χ4n) is 1.33. The zero-order valence-corrected chi connectivity index (χ0v) is 9.41. The maximum absolute atomic E-state index is 11.0. The smallest absolute Gasteiger partial charge is 0.258 e. The van der Waals surface area contributed by atoms with Gasteiger partial charge in [-0.25, -0.2) is 0 Å². The molecule has 0 fully saturated rings. The molecule has 0 aromatic heterocycles. The van der Waals surface area contributed by atoms with E-state index in [1.165, 1.54) is 0 Å². The summed E-state index contributed by atoms with van der Waals surface area (Å²) in [5.41, 5.74) is 7.34. The first kappa shape index (κ1) is 11.6. The van der Waals surface area contributed by atoms with Crippen molar-refractivity contribution in [3.63, 3.8) is 0 Å². The summed E-state index contributed by atoms with van der Waals surface area (Å²) in [6, 6.07) is 5.90. The summed E-state index contributed by atoms with van der Waals surface area (Å²) in [6.45, 7) is 5.81. The van der Waals surface area contributed by atoms with Gasteiger partial charge in [-0.1, -0.05) is 19.1 Å². The van der Waals surface area contributed by atoms with Gasteiger partial charge in [0.2, 0.25) is 0 Å². The minimum atomic E-state index is -0.537. The number of hydrogen-bond donors (Lipinski definition) is 1. The molecule has 1 rings (SSSR count). The number of carbonyl (C=O) groups excluding carboxylic acids is 1. The van der Waals surface area contributed by atoms with E-state index < -0.39 is 12.0 Å². The standard InChI is InChI=1S/C12H17NO2/c1-4-10(12(13)14)15-11-7-8(2)5-6-9(11)3/h5-7,10H,4H2,1-3H3,(H2,13,14). The lowest BCUT2D eigenvalue weighted by Gasteiger charge is -2.16. The minimum Gasteiger partial charge on any atom is -0.480 e. The first-order valence-electron chi connectivity index (χ1n) is 5.07. The predicted molar refractivity (Wildman–Crippen MR) is 59.8 cm³/mol. The van der Waals surface area contributed by atoms with Crippen LogP contribution < -0.4 is 10.5 Å². The van der Waals surface area contributed by atoms with Crippen LogP contribution in [0.4, 0.5) is 0 Å². The Balaban J connectivity index is 2.87. The Bertz CT molecular complexity index is 361. The lowest BCUT2D eigenvalue weighted by molar-refractivity contribution is -0.124. The first-order valence-corrected chi connectivity index (χ1v) is 5.07. The quantitative estimate of drug-likeness (QED) is 0.820. The lowest BCUT2D eigenvalue weighted by atomic mass is 10.1. The molecule has 1 amide bonds. The molecule has 2 N–H and O–H groups in total. The second-order valence-corrected chi connectivity index (χ2v) is 3.69. The van der Waals surface area contributed by atoms with Crippen LogP contribution in [-0.4, -0.2) is 12.0 Å². The molecule has 0 aliphatic heterocycles. The third-order valence-electron chi connectivity index (χ3n) is 2.30. The predicted octanol–water partition coefficient (Wildman–Crippen LogP) is 1.95. The number of aryl methyl sites for hydroxylation is 2. The Morgan fingerprint density at radius 2 is 2.13 bits per heavy atom. The molecular formula is C12H17NO2. The van der Waals surface area contributed by atoms with E-state index in [-0.39, 0.29) is 0 Å². The highest BCUT2D eigenvalue weighted by molar-refractivity contribution is 5.79. The molecule has 0 spiro atoms. The molecule has 0 heterocycles. The molecule has 1 atom stereocenters. The topological polar surface area (TPSA) is 52.3 Å². The molecule has 0 saturated heterocycles. The van der Waals surface area contributed by atoms with E-state index >= 15 is 0 Å². The van der Waals surface area contributed by atoms with Gasteiger partial charge in [-0.2, -0.15) is 0 Å². The SMILES string of the molecule is CCC(Oc1cc(C)ccc1C)C(N)=O. The van der Waals surface area contributed by atoms with Crippen molar-refractivity contribution in [1.29, 1.82) is 0 Å². The van der Waals surface area contributed by atoms with Crippen molar-refractivity contribution in [2.24, 2.45) is 5.73 Å². The number of primary amides is 1. The van der Waals surface area contributed by atoms with Gasteiger partial charge in [0.1, 0.15) is 5.75 Å². The first-order chi connectivity index (χ1) is 7.04. The number of hydrogen-bond acceptors (Lipinski definition) is 2. The number of benzene rings is 1. The minimum absolute atomic E-state index is 0.418. The van der Waals surface area contributed by atoms with Crippen molar-refractivity contribution in [1.82, 2.24) is 0 Å². The third-order valence-corrected chi connectivity index (χ3v) is 2.30. The van der Waals surface area contributed by atoms with E-state index in [0.29, 0.717) is 6.42 Å². The molecule has 1 aromatic rings. The Morgan fingerprint density at radius 3 is 2.67 bits per heavy atom. The molecule has 0 aliphatic carbocycles. The largest absolute Gasteiger partial charge is 0.480 e. The average molecular weight is 207 g/mol. The molecule has 0 aliphatic rings. The summed E-state index contributed by atoms with van der Waals surface area (Å²) in [5.74, 6) is 0.319. The normalized spacial score (nSPS) is 12.2. The molecule has 3 heteroatoms. The lowest BCUT2D eigenvalue weighted by Crippen LogP contribution is -2.33. The second-order valence-electron chi connectivity index (χ2n) is 3.69. The van der Waals surface area contributed by atoms with Crippen molar-refractivity contribution in [2.45, 2.75) is 33.3 Å². The van der Waals surface area contributed by atoms with Gasteiger partial charge >= 0.3 is 0 Å². The molecule has 1 aromatic carbocycles. The number of ether oxygens (including phenoxy) is 1. The highest BCUT2D eigenvalue weighted by atomic mass is 16.5. The van der Waals surface area contributed by atoms with Crippen molar-refractivity contribution in [2.75, 3.05) is 0 Å². The van der Waals surface area contributed by atoms with E-state index in [0.717, 1.165) is 16.9 Å². The number of carbonyl (C=O) groups is 1. The highest BCUT2D eigenvalue weighted by Crippen LogP contribution is 2.20. The van der Waals surface area contributed by atoms with Crippen LogP contribution in [0.25, 0.3) is 0 Å². The van der Waals surface area contributed by atoms with Gasteiger partial charge in [0.15, 0.2) is 6.10 Å². The fraction of sp³-hybridized carbons (Fsp3) is 0.417. The van der Waals surface area contributed by atoms with Crippen LogP contribution in [0.5, 0.6) is 5.75 Å². The fourth-order valence-corrected chi connectivity index (χ4v) is 1.33. The van der Waals surface area contributed by atoms with Crippen molar-refractivity contribution < 1.29 is 9.53 Å². The molecule has 0 radical (unpaired) electrons. The van der Waals surface area contributed by atoms with Gasteiger partial charge in [-0.15, -0.1) is 0 Å². The Morgan fingerprint density at radius 1 is 1.47 bits per heavy atom. The monoisotopic (exact) mass is 207 g/mol. The molecule has 0 bridgehead atoms. The highest BCUT2D eigenvalue weighted by Gasteiger charge is 2.15. The van der Waals surface area contributed by atoms with Gasteiger partial charge < -0.3 is 10.5 Å².